The maximum absolute atomic E-state index is 15.3. The molecule has 0 unspecified atom stereocenters. The molecule has 4 aromatic rings. The van der Waals surface area contributed by atoms with Gasteiger partial charge >= 0.3 is 0 Å². The van der Waals surface area contributed by atoms with Gasteiger partial charge in [-0.1, -0.05) is 12.1 Å². The maximum atomic E-state index is 15.3. The van der Waals surface area contributed by atoms with Crippen LogP contribution >= 0.6 is 0 Å². The van der Waals surface area contributed by atoms with E-state index >= 15 is 4.39 Å². The van der Waals surface area contributed by atoms with Crippen LogP contribution in [-0.2, 0) is 20.1 Å². The molecular formula is C23H18F2N4O. The molecule has 0 radical (unpaired) electrons. The minimum Gasteiger partial charge on any atom is -0.328 e. The number of aromatic nitrogens is 3. The second-order valence-electron chi connectivity index (χ2n) is 7.32. The van der Waals surface area contributed by atoms with Crippen molar-refractivity contribution in [2.45, 2.75) is 20.0 Å². The van der Waals surface area contributed by atoms with Crippen molar-refractivity contribution in [1.29, 1.82) is 0 Å². The van der Waals surface area contributed by atoms with Crippen molar-refractivity contribution < 1.29 is 16.3 Å². The van der Waals surface area contributed by atoms with E-state index in [1.54, 1.807) is 38.4 Å². The Bertz CT molecular complexity index is 1390. The molecule has 2 aromatic carbocycles. The lowest BCUT2D eigenvalue weighted by Crippen LogP contribution is -2.24. The molecule has 2 aromatic heterocycles. The van der Waals surface area contributed by atoms with Crippen LogP contribution in [0.5, 0.6) is 0 Å². The van der Waals surface area contributed by atoms with E-state index in [2.05, 4.69) is 10.1 Å². The fraction of sp³-hybridized carbons (Fsp3) is 0.174. The molecule has 0 saturated carbocycles. The molecule has 0 fully saturated rings. The average molecular weight is 406 g/mol. The highest BCUT2D eigenvalue weighted by molar-refractivity contribution is 5.98. The van der Waals surface area contributed by atoms with Gasteiger partial charge in [0.1, 0.15) is 11.3 Å². The number of hydrogen-bond donors (Lipinski definition) is 0. The van der Waals surface area contributed by atoms with Crippen molar-refractivity contribution in [2.24, 2.45) is 7.05 Å². The third-order valence-electron chi connectivity index (χ3n) is 5.31. The fourth-order valence-corrected chi connectivity index (χ4v) is 3.83. The number of fused-ring (bicyclic) bond motifs is 2. The van der Waals surface area contributed by atoms with Crippen LogP contribution in [0.4, 0.5) is 8.78 Å². The molecule has 0 N–H and O–H groups in total. The molecule has 0 spiro atoms. The van der Waals surface area contributed by atoms with E-state index in [-0.39, 0.29) is 28.9 Å². The second kappa shape index (κ2) is 6.73. The van der Waals surface area contributed by atoms with Crippen molar-refractivity contribution in [1.82, 2.24) is 19.7 Å². The van der Waals surface area contributed by atoms with Gasteiger partial charge in [-0.15, -0.1) is 0 Å². The minimum atomic E-state index is -2.15. The van der Waals surface area contributed by atoms with Gasteiger partial charge in [0.25, 0.3) is 5.91 Å². The Morgan fingerprint density at radius 3 is 2.77 bits per heavy atom. The molecule has 7 heteroatoms. The van der Waals surface area contributed by atoms with Crippen molar-refractivity contribution in [3.8, 4) is 11.1 Å². The van der Waals surface area contributed by atoms with Crippen LogP contribution in [-0.4, -0.2) is 25.6 Å². The van der Waals surface area contributed by atoms with Gasteiger partial charge in [0, 0.05) is 36.9 Å². The van der Waals surface area contributed by atoms with E-state index in [9.17, 15) is 9.18 Å². The third kappa shape index (κ3) is 2.85. The molecule has 0 saturated heterocycles. The Labute approximate surface area is 174 Å². The van der Waals surface area contributed by atoms with Crippen LogP contribution < -0.4 is 0 Å². The number of benzene rings is 2. The molecular weight excluding hydrogens is 386 g/mol. The van der Waals surface area contributed by atoms with Gasteiger partial charge in [0.15, 0.2) is 5.82 Å². The van der Waals surface area contributed by atoms with Crippen LogP contribution in [0.15, 0.2) is 48.8 Å². The number of hydrogen-bond acceptors (Lipinski definition) is 3. The lowest BCUT2D eigenvalue weighted by Gasteiger charge is -2.18. The highest BCUT2D eigenvalue weighted by atomic mass is 19.1. The predicted octanol–water partition coefficient (Wildman–Crippen LogP) is 4.38. The molecule has 0 aliphatic carbocycles. The first kappa shape index (κ1) is 16.2. The van der Waals surface area contributed by atoms with Gasteiger partial charge in [-0.25, -0.2) is 8.78 Å². The molecule has 5 nitrogen and oxygen atoms in total. The quantitative estimate of drug-likeness (QED) is 0.507. The van der Waals surface area contributed by atoms with Crippen LogP contribution in [0, 0.1) is 18.6 Å². The average Bonchev–Trinajstić information content (AvgIpc) is 3.22. The van der Waals surface area contributed by atoms with Gasteiger partial charge in [-0.2, -0.15) is 5.10 Å². The standard InChI is InChI=1S/C23H18F2N4O/c1-13-8-14(15-5-6-19(24)22-18(15)10-28(2)27-22)9-20(25)17(13)11-29-12-21-16(23(29)30)4-3-7-26-21/h3-10H,11-12H2,1-2H3/i12D2. The zero-order chi connectivity index (χ0) is 22.8. The summed E-state index contributed by atoms with van der Waals surface area (Å²) in [7, 11) is 1.69. The van der Waals surface area contributed by atoms with E-state index in [0.29, 0.717) is 22.1 Å². The summed E-state index contributed by atoms with van der Waals surface area (Å²) in [4.78, 5) is 17.8. The lowest BCUT2D eigenvalue weighted by atomic mass is 9.96. The number of pyridine rings is 1. The minimum absolute atomic E-state index is 0.0324. The van der Waals surface area contributed by atoms with Crippen molar-refractivity contribution >= 4 is 16.8 Å². The Hall–Kier alpha value is -3.61. The normalized spacial score (nSPS) is 16.0. The maximum Gasteiger partial charge on any atom is 0.256 e. The number of carbonyl (C=O) groups excluding carboxylic acids is 1. The smallest absolute Gasteiger partial charge is 0.256 e. The Balaban J connectivity index is 1.55. The molecule has 3 heterocycles. The summed E-state index contributed by atoms with van der Waals surface area (Å²) in [5, 5.41) is 4.69. The highest BCUT2D eigenvalue weighted by Gasteiger charge is 2.29. The van der Waals surface area contributed by atoms with Crippen LogP contribution in [0.1, 0.15) is 29.9 Å². The van der Waals surface area contributed by atoms with Gasteiger partial charge in [0.2, 0.25) is 0 Å². The summed E-state index contributed by atoms with van der Waals surface area (Å²) < 4.78 is 47.7. The summed E-state index contributed by atoms with van der Waals surface area (Å²) >= 11 is 0. The summed E-state index contributed by atoms with van der Waals surface area (Å²) in [6.07, 6.45) is 3.10. The van der Waals surface area contributed by atoms with Gasteiger partial charge in [-0.05, 0) is 47.9 Å². The van der Waals surface area contributed by atoms with Crippen LogP contribution in [0.2, 0.25) is 0 Å². The Morgan fingerprint density at radius 1 is 1.17 bits per heavy atom. The first-order valence-electron chi connectivity index (χ1n) is 10.4. The Kier molecular flexibility index (Phi) is 3.64. The van der Waals surface area contributed by atoms with E-state index < -0.39 is 24.0 Å². The topological polar surface area (TPSA) is 51.0 Å². The first-order chi connectivity index (χ1) is 15.2. The largest absolute Gasteiger partial charge is 0.328 e. The lowest BCUT2D eigenvalue weighted by molar-refractivity contribution is 0.0764. The molecule has 150 valence electrons. The van der Waals surface area contributed by atoms with Gasteiger partial charge in [0.05, 0.1) is 20.5 Å². The molecule has 0 atom stereocenters. The highest BCUT2D eigenvalue weighted by Crippen LogP contribution is 2.33. The zero-order valence-electron chi connectivity index (χ0n) is 18.3. The summed E-state index contributed by atoms with van der Waals surface area (Å²) in [6.45, 7) is -0.691. The Morgan fingerprint density at radius 2 is 2.00 bits per heavy atom. The number of halogens is 2. The van der Waals surface area contributed by atoms with E-state index in [1.165, 1.54) is 29.1 Å². The van der Waals surface area contributed by atoms with Crippen LogP contribution in [0.25, 0.3) is 22.0 Å². The van der Waals surface area contributed by atoms with Crippen molar-refractivity contribution in [3.05, 3.63) is 82.8 Å². The third-order valence-corrected chi connectivity index (χ3v) is 5.31. The monoisotopic (exact) mass is 406 g/mol. The molecule has 5 rings (SSSR count). The van der Waals surface area contributed by atoms with Gasteiger partial charge in [-0.3, -0.25) is 14.5 Å². The van der Waals surface area contributed by atoms with Crippen molar-refractivity contribution in [2.75, 3.05) is 0 Å². The second-order valence-corrected chi connectivity index (χ2v) is 7.32. The van der Waals surface area contributed by atoms with Crippen LogP contribution in [0.3, 0.4) is 0 Å². The predicted molar refractivity (Wildman–Crippen MR) is 109 cm³/mol. The first-order valence-corrected chi connectivity index (χ1v) is 9.37. The van der Waals surface area contributed by atoms with E-state index in [0.717, 1.165) is 4.90 Å². The molecule has 30 heavy (non-hydrogen) atoms. The summed E-state index contributed by atoms with van der Waals surface area (Å²) in [5.74, 6) is -1.56. The number of aryl methyl sites for hydroxylation is 2. The number of rotatable bonds is 3. The van der Waals surface area contributed by atoms with Crippen molar-refractivity contribution in [3.63, 3.8) is 0 Å². The van der Waals surface area contributed by atoms with Gasteiger partial charge < -0.3 is 4.90 Å². The zero-order valence-corrected chi connectivity index (χ0v) is 16.3. The molecule has 1 aliphatic rings. The molecule has 0 bridgehead atoms. The van der Waals surface area contributed by atoms with E-state index in [1.807, 2.05) is 0 Å². The van der Waals surface area contributed by atoms with E-state index in [4.69, 9.17) is 2.74 Å². The SMILES string of the molecule is [2H]C1([2H])c2ncccc2C(=O)N1Cc1c(C)cc(-c2ccc(F)c3nn(C)cc23)cc1F. The summed E-state index contributed by atoms with van der Waals surface area (Å²) in [6, 6.07) is 9.04. The molecule has 1 amide bonds. The number of nitrogens with zero attached hydrogens (tertiary/aromatic N) is 4. The summed E-state index contributed by atoms with van der Waals surface area (Å²) in [5.41, 5.74) is 2.35. The molecule has 1 aliphatic heterocycles. The number of carbonyl (C=O) groups is 1. The fourth-order valence-electron chi connectivity index (χ4n) is 3.83. The number of amides is 1.